The van der Waals surface area contributed by atoms with Gasteiger partial charge in [0, 0.05) is 20.2 Å². The molecule has 2 N–H and O–H groups in total. The number of carbonyl (C=O) groups is 1. The van der Waals surface area contributed by atoms with E-state index in [1.165, 1.54) is 0 Å². The van der Waals surface area contributed by atoms with Crippen LogP contribution in [0.5, 0.6) is 5.75 Å². The number of urea groups is 1. The molecule has 0 heterocycles. The quantitative estimate of drug-likeness (QED) is 0.794. The molecule has 0 aliphatic carbocycles. The largest absolute Gasteiger partial charge is 0.497 e. The summed E-state index contributed by atoms with van der Waals surface area (Å²) in [6.45, 7) is 3.09. The van der Waals surface area contributed by atoms with Crippen molar-refractivity contribution in [3.8, 4) is 5.75 Å². The van der Waals surface area contributed by atoms with Crippen LogP contribution >= 0.6 is 0 Å². The van der Waals surface area contributed by atoms with E-state index in [0.717, 1.165) is 17.7 Å². The van der Waals surface area contributed by atoms with Crippen LogP contribution in [0.3, 0.4) is 0 Å². The minimum absolute atomic E-state index is 0.174. The van der Waals surface area contributed by atoms with Gasteiger partial charge in [0.15, 0.2) is 0 Å². The Morgan fingerprint density at radius 1 is 1.32 bits per heavy atom. The van der Waals surface area contributed by atoms with E-state index in [4.69, 9.17) is 9.47 Å². The molecular weight excluding hydrogens is 244 g/mol. The lowest BCUT2D eigenvalue weighted by molar-refractivity contribution is 0.104. The molecule has 0 aliphatic heterocycles. The van der Waals surface area contributed by atoms with Crippen LogP contribution in [0.4, 0.5) is 4.79 Å². The van der Waals surface area contributed by atoms with E-state index < -0.39 is 0 Å². The van der Waals surface area contributed by atoms with Gasteiger partial charge in [0.25, 0.3) is 0 Å². The monoisotopic (exact) mass is 266 g/mol. The fraction of sp³-hybridized carbons (Fsp3) is 0.500. The van der Waals surface area contributed by atoms with Crippen LogP contribution in [-0.4, -0.2) is 33.3 Å². The first-order chi connectivity index (χ1) is 9.21. The molecule has 2 amide bonds. The molecule has 1 unspecified atom stereocenters. The Morgan fingerprint density at radius 2 is 2.11 bits per heavy atom. The number of hydrogen-bond donors (Lipinski definition) is 2. The number of amides is 2. The van der Waals surface area contributed by atoms with Gasteiger partial charge in [-0.15, -0.1) is 0 Å². The van der Waals surface area contributed by atoms with Crippen molar-refractivity contribution in [3.63, 3.8) is 0 Å². The second-order valence-corrected chi connectivity index (χ2v) is 4.14. The molecule has 0 fully saturated rings. The van der Waals surface area contributed by atoms with Crippen LogP contribution in [0.1, 0.15) is 25.0 Å². The molecule has 0 saturated carbocycles. The highest BCUT2D eigenvalue weighted by atomic mass is 16.5. The summed E-state index contributed by atoms with van der Waals surface area (Å²) in [6, 6.07) is 7.45. The van der Waals surface area contributed by atoms with Crippen LogP contribution in [0.25, 0.3) is 0 Å². The summed E-state index contributed by atoms with van der Waals surface area (Å²) < 4.78 is 10.6. The second-order valence-electron chi connectivity index (χ2n) is 4.14. The van der Waals surface area contributed by atoms with Crippen molar-refractivity contribution in [2.24, 2.45) is 0 Å². The Kier molecular flexibility index (Phi) is 6.74. The molecule has 5 heteroatoms. The number of hydrogen-bond acceptors (Lipinski definition) is 3. The molecule has 0 spiro atoms. The lowest BCUT2D eigenvalue weighted by Crippen LogP contribution is -2.38. The topological polar surface area (TPSA) is 59.6 Å². The first kappa shape index (κ1) is 15.3. The summed E-state index contributed by atoms with van der Waals surface area (Å²) in [5, 5.41) is 5.54. The smallest absolute Gasteiger partial charge is 0.314 e. The standard InChI is InChI=1S/C14H22N2O3/c1-4-8-15-14(17)16-10-13(19-3)11-6-5-7-12(9-11)18-2/h5-7,9,13H,4,8,10H2,1-3H3,(H2,15,16,17). The van der Waals surface area contributed by atoms with Crippen LogP contribution < -0.4 is 15.4 Å². The van der Waals surface area contributed by atoms with Gasteiger partial charge in [0.05, 0.1) is 13.2 Å². The number of nitrogens with one attached hydrogen (secondary N) is 2. The third kappa shape index (κ3) is 5.18. The van der Waals surface area contributed by atoms with Gasteiger partial charge in [-0.25, -0.2) is 4.79 Å². The van der Waals surface area contributed by atoms with Gasteiger partial charge in [-0.05, 0) is 24.1 Å². The lowest BCUT2D eigenvalue weighted by Gasteiger charge is -2.17. The maximum atomic E-state index is 11.5. The van der Waals surface area contributed by atoms with E-state index in [2.05, 4.69) is 10.6 Å². The van der Waals surface area contributed by atoms with Crippen molar-refractivity contribution in [1.29, 1.82) is 0 Å². The van der Waals surface area contributed by atoms with Crippen LogP contribution in [0.2, 0.25) is 0 Å². The van der Waals surface area contributed by atoms with E-state index in [-0.39, 0.29) is 12.1 Å². The summed E-state index contributed by atoms with van der Waals surface area (Å²) in [6.07, 6.45) is 0.722. The fourth-order valence-electron chi connectivity index (χ4n) is 1.67. The zero-order valence-electron chi connectivity index (χ0n) is 11.7. The highest BCUT2D eigenvalue weighted by molar-refractivity contribution is 5.73. The average Bonchev–Trinajstić information content (AvgIpc) is 2.46. The number of methoxy groups -OCH3 is 2. The van der Waals surface area contributed by atoms with Crippen molar-refractivity contribution in [2.45, 2.75) is 19.4 Å². The van der Waals surface area contributed by atoms with E-state index in [0.29, 0.717) is 13.1 Å². The summed E-state index contributed by atoms with van der Waals surface area (Å²) in [7, 11) is 3.24. The zero-order chi connectivity index (χ0) is 14.1. The molecule has 0 radical (unpaired) electrons. The molecule has 1 aromatic carbocycles. The normalized spacial score (nSPS) is 11.7. The van der Waals surface area contributed by atoms with Gasteiger partial charge < -0.3 is 20.1 Å². The molecule has 0 aliphatic rings. The Morgan fingerprint density at radius 3 is 2.74 bits per heavy atom. The molecule has 1 rings (SSSR count). The summed E-state index contributed by atoms with van der Waals surface area (Å²) >= 11 is 0. The number of ether oxygens (including phenoxy) is 2. The Bertz CT molecular complexity index is 396. The zero-order valence-corrected chi connectivity index (χ0v) is 11.7. The molecule has 0 saturated heterocycles. The molecule has 1 aromatic rings. The van der Waals surface area contributed by atoms with Gasteiger partial charge in [-0.3, -0.25) is 0 Å². The van der Waals surface area contributed by atoms with Crippen molar-refractivity contribution in [2.75, 3.05) is 27.3 Å². The number of rotatable bonds is 7. The van der Waals surface area contributed by atoms with Crippen LogP contribution in [0.15, 0.2) is 24.3 Å². The number of benzene rings is 1. The van der Waals surface area contributed by atoms with Gasteiger partial charge in [-0.2, -0.15) is 0 Å². The van der Waals surface area contributed by atoms with Gasteiger partial charge in [0.2, 0.25) is 0 Å². The van der Waals surface area contributed by atoms with E-state index >= 15 is 0 Å². The van der Waals surface area contributed by atoms with Gasteiger partial charge in [-0.1, -0.05) is 19.1 Å². The first-order valence-corrected chi connectivity index (χ1v) is 6.39. The Labute approximate surface area is 114 Å². The lowest BCUT2D eigenvalue weighted by atomic mass is 10.1. The second kappa shape index (κ2) is 8.37. The summed E-state index contributed by atoms with van der Waals surface area (Å²) in [4.78, 5) is 11.5. The maximum absolute atomic E-state index is 11.5. The third-order valence-corrected chi connectivity index (χ3v) is 2.73. The van der Waals surface area contributed by atoms with Crippen molar-refractivity contribution >= 4 is 6.03 Å². The van der Waals surface area contributed by atoms with Crippen molar-refractivity contribution < 1.29 is 14.3 Å². The molecular formula is C14H22N2O3. The average molecular weight is 266 g/mol. The van der Waals surface area contributed by atoms with Crippen molar-refractivity contribution in [1.82, 2.24) is 10.6 Å². The van der Waals surface area contributed by atoms with Gasteiger partial charge >= 0.3 is 6.03 Å². The summed E-state index contributed by atoms with van der Waals surface area (Å²) in [5.41, 5.74) is 0.970. The van der Waals surface area contributed by atoms with Crippen LogP contribution in [-0.2, 0) is 4.74 Å². The first-order valence-electron chi connectivity index (χ1n) is 6.39. The van der Waals surface area contributed by atoms with Crippen molar-refractivity contribution in [3.05, 3.63) is 29.8 Å². The molecule has 1 atom stereocenters. The highest BCUT2D eigenvalue weighted by Crippen LogP contribution is 2.20. The number of carbonyl (C=O) groups excluding carboxylic acids is 1. The Balaban J connectivity index is 2.55. The molecule has 5 nitrogen and oxygen atoms in total. The van der Waals surface area contributed by atoms with Gasteiger partial charge in [0.1, 0.15) is 5.75 Å². The van der Waals surface area contributed by atoms with E-state index in [9.17, 15) is 4.79 Å². The molecule has 19 heavy (non-hydrogen) atoms. The third-order valence-electron chi connectivity index (χ3n) is 2.73. The maximum Gasteiger partial charge on any atom is 0.314 e. The highest BCUT2D eigenvalue weighted by Gasteiger charge is 2.12. The molecule has 0 bridgehead atoms. The molecule has 0 aromatic heterocycles. The van der Waals surface area contributed by atoms with E-state index in [1.54, 1.807) is 14.2 Å². The predicted octanol–water partition coefficient (Wildman–Crippen LogP) is 2.09. The molecule has 106 valence electrons. The fourth-order valence-corrected chi connectivity index (χ4v) is 1.67. The summed E-state index contributed by atoms with van der Waals surface area (Å²) in [5.74, 6) is 0.773. The minimum atomic E-state index is -0.192. The van der Waals surface area contributed by atoms with Crippen LogP contribution in [0, 0.1) is 0 Å². The minimum Gasteiger partial charge on any atom is -0.497 e. The SMILES string of the molecule is CCCNC(=O)NCC(OC)c1cccc(OC)c1. The van der Waals surface area contributed by atoms with E-state index in [1.807, 2.05) is 31.2 Å². The predicted molar refractivity (Wildman–Crippen MR) is 74.4 cm³/mol. The Hall–Kier alpha value is -1.75.